The maximum absolute atomic E-state index is 8.77. The van der Waals surface area contributed by atoms with Crippen molar-refractivity contribution in [3.63, 3.8) is 0 Å². The van der Waals surface area contributed by atoms with Crippen molar-refractivity contribution in [1.29, 1.82) is 5.26 Å². The number of nitrogens with zero attached hydrogens (tertiary/aromatic N) is 2. The van der Waals surface area contributed by atoms with Crippen LogP contribution >= 0.6 is 23.2 Å². The fourth-order valence-electron chi connectivity index (χ4n) is 1.79. The molecule has 2 aromatic rings. The van der Waals surface area contributed by atoms with Crippen LogP contribution in [0.4, 0.5) is 5.69 Å². The van der Waals surface area contributed by atoms with Crippen LogP contribution in [-0.2, 0) is 6.54 Å². The SMILES string of the molecule is CN(Cc1ccc(Cl)c(Cl)c1)c1ccc(C#N)cc1. The van der Waals surface area contributed by atoms with Crippen molar-refractivity contribution < 1.29 is 0 Å². The van der Waals surface area contributed by atoms with E-state index in [1.54, 1.807) is 18.2 Å². The molecule has 0 radical (unpaired) electrons. The van der Waals surface area contributed by atoms with Gasteiger partial charge >= 0.3 is 0 Å². The molecule has 0 aliphatic rings. The number of hydrogen-bond donors (Lipinski definition) is 0. The second kappa shape index (κ2) is 5.97. The molecule has 2 rings (SSSR count). The molecule has 96 valence electrons. The van der Waals surface area contributed by atoms with Gasteiger partial charge in [-0.2, -0.15) is 5.26 Å². The van der Waals surface area contributed by atoms with Crippen LogP contribution in [0.5, 0.6) is 0 Å². The summed E-state index contributed by atoms with van der Waals surface area (Å²) in [6.45, 7) is 0.725. The number of nitriles is 1. The molecule has 2 nitrogen and oxygen atoms in total. The van der Waals surface area contributed by atoms with E-state index in [0.717, 1.165) is 17.8 Å². The Morgan fingerprint density at radius 2 is 1.74 bits per heavy atom. The topological polar surface area (TPSA) is 27.0 Å². The number of benzene rings is 2. The summed E-state index contributed by atoms with van der Waals surface area (Å²) in [5, 5.41) is 9.89. The Hall–Kier alpha value is -1.69. The second-order valence-electron chi connectivity index (χ2n) is 4.26. The standard InChI is InChI=1S/C15H12Cl2N2/c1-19(13-5-2-11(9-18)3-6-13)10-12-4-7-14(16)15(17)8-12/h2-8H,10H2,1H3. The first-order valence-electron chi connectivity index (χ1n) is 5.75. The van der Waals surface area contributed by atoms with Gasteiger partial charge in [0.15, 0.2) is 0 Å². The molecule has 19 heavy (non-hydrogen) atoms. The highest BCUT2D eigenvalue weighted by atomic mass is 35.5. The van der Waals surface area contributed by atoms with Gasteiger partial charge in [-0.25, -0.2) is 0 Å². The van der Waals surface area contributed by atoms with E-state index in [9.17, 15) is 0 Å². The van der Waals surface area contributed by atoms with Crippen molar-refractivity contribution in [2.75, 3.05) is 11.9 Å². The molecule has 0 N–H and O–H groups in total. The first kappa shape index (κ1) is 13.7. The first-order valence-corrected chi connectivity index (χ1v) is 6.51. The maximum atomic E-state index is 8.77. The Morgan fingerprint density at radius 1 is 1.05 bits per heavy atom. The molecule has 0 spiro atoms. The Morgan fingerprint density at radius 3 is 2.32 bits per heavy atom. The zero-order valence-electron chi connectivity index (χ0n) is 10.4. The number of halogens is 2. The Kier molecular flexibility index (Phi) is 4.31. The Labute approximate surface area is 122 Å². The normalized spacial score (nSPS) is 10.0. The minimum absolute atomic E-state index is 0.562. The molecule has 0 unspecified atom stereocenters. The van der Waals surface area contributed by atoms with Crippen molar-refractivity contribution in [1.82, 2.24) is 0 Å². The van der Waals surface area contributed by atoms with Gasteiger partial charge < -0.3 is 4.90 Å². The lowest BCUT2D eigenvalue weighted by Gasteiger charge is -2.19. The number of anilines is 1. The lowest BCUT2D eigenvalue weighted by molar-refractivity contribution is 0.923. The largest absolute Gasteiger partial charge is 0.370 e. The van der Waals surface area contributed by atoms with E-state index < -0.39 is 0 Å². The van der Waals surface area contributed by atoms with Crippen LogP contribution in [0.1, 0.15) is 11.1 Å². The van der Waals surface area contributed by atoms with Crippen LogP contribution < -0.4 is 4.90 Å². The molecular formula is C15H12Cl2N2. The maximum Gasteiger partial charge on any atom is 0.0991 e. The summed E-state index contributed by atoms with van der Waals surface area (Å²) in [7, 11) is 1.99. The van der Waals surface area contributed by atoms with Crippen LogP contribution in [0, 0.1) is 11.3 Å². The van der Waals surface area contributed by atoms with Crippen LogP contribution in [-0.4, -0.2) is 7.05 Å². The molecule has 0 amide bonds. The quantitative estimate of drug-likeness (QED) is 0.832. The average molecular weight is 291 g/mol. The van der Waals surface area contributed by atoms with Gasteiger partial charge in [0.2, 0.25) is 0 Å². The van der Waals surface area contributed by atoms with Crippen LogP contribution in [0.3, 0.4) is 0 Å². The van der Waals surface area contributed by atoms with Crippen LogP contribution in [0.25, 0.3) is 0 Å². The van der Waals surface area contributed by atoms with Crippen LogP contribution in [0.2, 0.25) is 10.0 Å². The van der Waals surface area contributed by atoms with E-state index in [4.69, 9.17) is 28.5 Å². The third kappa shape index (κ3) is 3.41. The van der Waals surface area contributed by atoms with Crippen molar-refractivity contribution in [3.8, 4) is 6.07 Å². The lowest BCUT2D eigenvalue weighted by atomic mass is 10.2. The summed E-state index contributed by atoms with van der Waals surface area (Å²) in [4.78, 5) is 2.08. The van der Waals surface area contributed by atoms with E-state index in [1.807, 2.05) is 31.3 Å². The van der Waals surface area contributed by atoms with Gasteiger partial charge in [0.05, 0.1) is 21.7 Å². The molecule has 0 atom stereocenters. The summed E-state index contributed by atoms with van der Waals surface area (Å²) in [5.41, 5.74) is 2.79. The van der Waals surface area contributed by atoms with E-state index in [1.165, 1.54) is 0 Å². The predicted octanol–water partition coefficient (Wildman–Crippen LogP) is 4.50. The van der Waals surface area contributed by atoms with Crippen LogP contribution in [0.15, 0.2) is 42.5 Å². The van der Waals surface area contributed by atoms with Crippen molar-refractivity contribution in [3.05, 3.63) is 63.6 Å². The van der Waals surface area contributed by atoms with Gasteiger partial charge in [0.25, 0.3) is 0 Å². The van der Waals surface area contributed by atoms with Gasteiger partial charge in [-0.15, -0.1) is 0 Å². The van der Waals surface area contributed by atoms with Gasteiger partial charge in [0.1, 0.15) is 0 Å². The number of hydrogen-bond acceptors (Lipinski definition) is 2. The zero-order chi connectivity index (χ0) is 13.8. The monoisotopic (exact) mass is 290 g/mol. The summed E-state index contributed by atoms with van der Waals surface area (Å²) in [6.07, 6.45) is 0. The minimum atomic E-state index is 0.562. The highest BCUT2D eigenvalue weighted by molar-refractivity contribution is 6.42. The summed E-state index contributed by atoms with van der Waals surface area (Å²) >= 11 is 11.9. The van der Waals surface area contributed by atoms with E-state index >= 15 is 0 Å². The third-order valence-corrected chi connectivity index (χ3v) is 3.58. The fourth-order valence-corrected chi connectivity index (χ4v) is 2.11. The lowest BCUT2D eigenvalue weighted by Crippen LogP contribution is -2.16. The van der Waals surface area contributed by atoms with Crippen molar-refractivity contribution >= 4 is 28.9 Å². The molecule has 0 aliphatic carbocycles. The molecule has 0 saturated heterocycles. The Bertz CT molecular complexity index is 615. The van der Waals surface area contributed by atoms with Gasteiger partial charge in [-0.1, -0.05) is 29.3 Å². The van der Waals surface area contributed by atoms with E-state index in [0.29, 0.717) is 15.6 Å². The fraction of sp³-hybridized carbons (Fsp3) is 0.133. The molecule has 2 aromatic carbocycles. The molecule has 0 fully saturated rings. The van der Waals surface area contributed by atoms with E-state index in [2.05, 4.69) is 11.0 Å². The average Bonchev–Trinajstić information content (AvgIpc) is 2.43. The number of rotatable bonds is 3. The molecule has 0 heterocycles. The molecule has 0 aromatic heterocycles. The predicted molar refractivity (Wildman–Crippen MR) is 79.7 cm³/mol. The third-order valence-electron chi connectivity index (χ3n) is 2.84. The summed E-state index contributed by atoms with van der Waals surface area (Å²) in [5.74, 6) is 0. The molecule has 0 bridgehead atoms. The smallest absolute Gasteiger partial charge is 0.0991 e. The molecular weight excluding hydrogens is 279 g/mol. The zero-order valence-corrected chi connectivity index (χ0v) is 11.9. The Balaban J connectivity index is 2.13. The second-order valence-corrected chi connectivity index (χ2v) is 5.08. The molecule has 0 saturated carbocycles. The summed E-state index contributed by atoms with van der Waals surface area (Å²) in [6, 6.07) is 15.2. The first-order chi connectivity index (χ1) is 9.10. The highest BCUT2D eigenvalue weighted by Crippen LogP contribution is 2.24. The van der Waals surface area contributed by atoms with Gasteiger partial charge in [-0.3, -0.25) is 0 Å². The summed E-state index contributed by atoms with van der Waals surface area (Å²) < 4.78 is 0. The van der Waals surface area contributed by atoms with Crippen molar-refractivity contribution in [2.45, 2.75) is 6.54 Å². The van der Waals surface area contributed by atoms with Crippen molar-refractivity contribution in [2.24, 2.45) is 0 Å². The highest BCUT2D eigenvalue weighted by Gasteiger charge is 2.04. The van der Waals surface area contributed by atoms with Gasteiger partial charge in [0, 0.05) is 19.3 Å². The molecule has 4 heteroatoms. The minimum Gasteiger partial charge on any atom is -0.370 e. The van der Waals surface area contributed by atoms with E-state index in [-0.39, 0.29) is 0 Å². The van der Waals surface area contributed by atoms with Gasteiger partial charge in [-0.05, 0) is 42.0 Å². The molecule has 0 aliphatic heterocycles.